The Kier molecular flexibility index (Phi) is 4.94. The molecule has 0 aromatic heterocycles. The predicted molar refractivity (Wildman–Crippen MR) is 116 cm³/mol. The Morgan fingerprint density at radius 3 is 2.59 bits per heavy atom. The molecule has 162 valence electrons. The highest BCUT2D eigenvalue weighted by Crippen LogP contribution is 2.65. The Bertz CT molecular complexity index is 728. The van der Waals surface area contributed by atoms with Gasteiger partial charge in [0.05, 0.1) is 0 Å². The quantitative estimate of drug-likeness (QED) is 0.756. The van der Waals surface area contributed by atoms with Crippen LogP contribution in [0.4, 0.5) is 0 Å². The van der Waals surface area contributed by atoms with Crippen molar-refractivity contribution in [2.24, 2.45) is 34.5 Å². The lowest BCUT2D eigenvalue weighted by Crippen LogP contribution is -2.60. The summed E-state index contributed by atoms with van der Waals surface area (Å²) in [5, 5.41) is 3.35. The van der Waals surface area contributed by atoms with Crippen molar-refractivity contribution in [2.75, 3.05) is 7.05 Å². The van der Waals surface area contributed by atoms with Crippen LogP contribution in [0.25, 0.3) is 0 Å². The van der Waals surface area contributed by atoms with Gasteiger partial charge in [0, 0.05) is 30.0 Å². The number of fused-ring (bicyclic) bond motifs is 5. The van der Waals surface area contributed by atoms with E-state index >= 15 is 0 Å². The molecule has 3 saturated carbocycles. The lowest BCUT2D eigenvalue weighted by Gasteiger charge is -2.60. The molecule has 0 saturated heterocycles. The minimum Gasteiger partial charge on any atom is -0.351 e. The van der Waals surface area contributed by atoms with Gasteiger partial charge in [0.15, 0.2) is 0 Å². The van der Waals surface area contributed by atoms with Crippen LogP contribution in [0.1, 0.15) is 79.6 Å². The summed E-state index contributed by atoms with van der Waals surface area (Å²) in [4.78, 5) is 27.5. The van der Waals surface area contributed by atoms with Crippen molar-refractivity contribution in [1.29, 1.82) is 0 Å². The molecular formula is C25H40N2O2. The molecule has 0 aromatic rings. The van der Waals surface area contributed by atoms with Gasteiger partial charge in [-0.25, -0.2) is 0 Å². The number of amides is 2. The summed E-state index contributed by atoms with van der Waals surface area (Å²) >= 11 is 0. The third kappa shape index (κ3) is 3.08. The second-order valence-electron chi connectivity index (χ2n) is 11.5. The van der Waals surface area contributed by atoms with Crippen LogP contribution in [0, 0.1) is 34.5 Å². The Morgan fingerprint density at radius 1 is 1.17 bits per heavy atom. The van der Waals surface area contributed by atoms with Crippen LogP contribution >= 0.6 is 0 Å². The van der Waals surface area contributed by atoms with Gasteiger partial charge in [0.2, 0.25) is 11.8 Å². The summed E-state index contributed by atoms with van der Waals surface area (Å²) < 4.78 is 0. The molecule has 3 aliphatic carbocycles. The second kappa shape index (κ2) is 6.85. The van der Waals surface area contributed by atoms with Crippen molar-refractivity contribution in [3.8, 4) is 0 Å². The summed E-state index contributed by atoms with van der Waals surface area (Å²) in [6.07, 6.45) is 11.8. The fourth-order valence-corrected chi connectivity index (χ4v) is 7.68. The third-order valence-corrected chi connectivity index (χ3v) is 9.79. The second-order valence-corrected chi connectivity index (χ2v) is 11.5. The van der Waals surface area contributed by atoms with E-state index in [1.165, 1.54) is 19.3 Å². The number of hydrogen-bond donors (Lipinski definition) is 1. The standard InChI is InChI=1S/C25H40N2O2/c1-7-23(2,3)26-22(29)19-10-9-17-16-8-11-20-25(5,15-13-21(28)27(20)6)18(16)12-14-24(17,19)4/h13,15-20H,7-12,14H2,1-6H3,(H,26,29)/t16-,17-,18+,19?,20?,24-,25+/m0/s1. The van der Waals surface area contributed by atoms with Gasteiger partial charge in [-0.15, -0.1) is 0 Å². The van der Waals surface area contributed by atoms with Gasteiger partial charge in [0.25, 0.3) is 0 Å². The monoisotopic (exact) mass is 400 g/mol. The van der Waals surface area contributed by atoms with Crippen LogP contribution in [0.5, 0.6) is 0 Å². The van der Waals surface area contributed by atoms with E-state index in [0.29, 0.717) is 23.8 Å². The molecule has 1 N–H and O–H groups in total. The lowest BCUT2D eigenvalue weighted by molar-refractivity contribution is -0.142. The molecule has 0 spiro atoms. The molecule has 1 aliphatic heterocycles. The van der Waals surface area contributed by atoms with Crippen LogP contribution in [-0.2, 0) is 9.59 Å². The minimum absolute atomic E-state index is 0.0808. The first kappa shape index (κ1) is 20.9. The van der Waals surface area contributed by atoms with E-state index < -0.39 is 0 Å². The van der Waals surface area contributed by atoms with Crippen molar-refractivity contribution in [3.05, 3.63) is 12.2 Å². The van der Waals surface area contributed by atoms with Gasteiger partial charge in [-0.05, 0) is 88.0 Å². The van der Waals surface area contributed by atoms with E-state index in [9.17, 15) is 9.59 Å². The molecule has 0 bridgehead atoms. The summed E-state index contributed by atoms with van der Waals surface area (Å²) in [6, 6.07) is 0.330. The zero-order valence-corrected chi connectivity index (χ0v) is 19.3. The Morgan fingerprint density at radius 2 is 1.90 bits per heavy atom. The lowest BCUT2D eigenvalue weighted by atomic mass is 9.47. The summed E-state index contributed by atoms with van der Waals surface area (Å²) in [5.74, 6) is 2.52. The summed E-state index contributed by atoms with van der Waals surface area (Å²) in [7, 11) is 1.98. The van der Waals surface area contributed by atoms with E-state index in [1.807, 2.05) is 18.0 Å². The Balaban J connectivity index is 1.58. The van der Waals surface area contributed by atoms with E-state index in [-0.39, 0.29) is 34.1 Å². The molecule has 4 nitrogen and oxygen atoms in total. The number of likely N-dealkylation sites (N-methyl/N-ethyl adjacent to an activating group) is 1. The first-order chi connectivity index (χ1) is 13.5. The molecule has 1 heterocycles. The Labute approximate surface area is 176 Å². The van der Waals surface area contributed by atoms with Gasteiger partial charge in [0.1, 0.15) is 0 Å². The molecule has 2 unspecified atom stereocenters. The molecule has 4 rings (SSSR count). The fraction of sp³-hybridized carbons (Fsp3) is 0.840. The van der Waals surface area contributed by atoms with E-state index in [1.54, 1.807) is 0 Å². The topological polar surface area (TPSA) is 49.4 Å². The maximum atomic E-state index is 13.2. The molecule has 2 amide bonds. The number of carbonyl (C=O) groups excluding carboxylic acids is 2. The van der Waals surface area contributed by atoms with Crippen molar-refractivity contribution in [1.82, 2.24) is 10.2 Å². The maximum Gasteiger partial charge on any atom is 0.246 e. The van der Waals surface area contributed by atoms with Gasteiger partial charge in [-0.3, -0.25) is 9.59 Å². The maximum absolute atomic E-state index is 13.2. The first-order valence-corrected chi connectivity index (χ1v) is 11.8. The van der Waals surface area contributed by atoms with E-state index in [4.69, 9.17) is 0 Å². The molecule has 3 fully saturated rings. The molecule has 0 aromatic carbocycles. The number of nitrogens with one attached hydrogen (secondary N) is 1. The Hall–Kier alpha value is -1.32. The predicted octanol–water partition coefficient (Wildman–Crippen LogP) is 4.55. The van der Waals surface area contributed by atoms with Crippen LogP contribution in [0.3, 0.4) is 0 Å². The smallest absolute Gasteiger partial charge is 0.246 e. The van der Waals surface area contributed by atoms with Crippen LogP contribution in [0.2, 0.25) is 0 Å². The molecular weight excluding hydrogens is 360 g/mol. The number of rotatable bonds is 3. The molecule has 0 radical (unpaired) electrons. The van der Waals surface area contributed by atoms with Gasteiger partial charge in [-0.1, -0.05) is 26.8 Å². The van der Waals surface area contributed by atoms with Gasteiger partial charge < -0.3 is 10.2 Å². The van der Waals surface area contributed by atoms with Gasteiger partial charge in [-0.2, -0.15) is 0 Å². The van der Waals surface area contributed by atoms with Crippen molar-refractivity contribution < 1.29 is 9.59 Å². The highest BCUT2D eigenvalue weighted by Gasteiger charge is 2.61. The minimum atomic E-state index is -0.127. The average Bonchev–Trinajstić information content (AvgIpc) is 3.02. The fourth-order valence-electron chi connectivity index (χ4n) is 7.68. The average molecular weight is 401 g/mol. The van der Waals surface area contributed by atoms with Crippen molar-refractivity contribution in [2.45, 2.75) is 91.1 Å². The highest BCUT2D eigenvalue weighted by atomic mass is 16.2. The van der Waals surface area contributed by atoms with Crippen molar-refractivity contribution in [3.63, 3.8) is 0 Å². The zero-order valence-electron chi connectivity index (χ0n) is 19.3. The summed E-state index contributed by atoms with van der Waals surface area (Å²) in [5.41, 5.74) is 0.0775. The van der Waals surface area contributed by atoms with Crippen molar-refractivity contribution >= 4 is 11.8 Å². The number of carbonyl (C=O) groups is 2. The van der Waals surface area contributed by atoms with Crippen LogP contribution in [0.15, 0.2) is 12.2 Å². The number of nitrogens with zero attached hydrogens (tertiary/aromatic N) is 1. The number of hydrogen-bond acceptors (Lipinski definition) is 2. The third-order valence-electron chi connectivity index (χ3n) is 9.79. The molecule has 4 heteroatoms. The normalized spacial score (nSPS) is 44.1. The van der Waals surface area contributed by atoms with Crippen LogP contribution in [-0.4, -0.2) is 35.3 Å². The van der Waals surface area contributed by atoms with Gasteiger partial charge >= 0.3 is 0 Å². The highest BCUT2D eigenvalue weighted by molar-refractivity contribution is 5.89. The first-order valence-electron chi connectivity index (χ1n) is 11.8. The zero-order chi connectivity index (χ0) is 21.2. The van der Waals surface area contributed by atoms with Crippen LogP contribution < -0.4 is 5.32 Å². The largest absolute Gasteiger partial charge is 0.351 e. The molecule has 7 atom stereocenters. The van der Waals surface area contributed by atoms with E-state index in [2.05, 4.69) is 46.0 Å². The molecule has 29 heavy (non-hydrogen) atoms. The summed E-state index contributed by atoms with van der Waals surface area (Å²) in [6.45, 7) is 11.2. The van der Waals surface area contributed by atoms with E-state index in [0.717, 1.165) is 25.7 Å². The SMILES string of the molecule is CCC(C)(C)NC(=O)C1CC[C@H]2[C@@H]3CCC4N(C)C(=O)C=C[C@]4(C)[C@@H]3CC[C@]12C. The molecule has 4 aliphatic rings.